The maximum Gasteiger partial charge on any atom is 1.00 e. The molecular weight excluding hydrogens is 454 g/mol. The van der Waals surface area contributed by atoms with Crippen LogP contribution in [0.1, 0.15) is 51.9 Å². The van der Waals surface area contributed by atoms with Crippen LogP contribution >= 0.6 is 0 Å². The number of rotatable bonds is 0. The molecule has 122 valence electrons. The molecule has 3 heterocycles. The van der Waals surface area contributed by atoms with Gasteiger partial charge < -0.3 is 17.2 Å². The van der Waals surface area contributed by atoms with Crippen molar-refractivity contribution in [2.45, 2.75) is 68.4 Å². The fourth-order valence-corrected chi connectivity index (χ4v) is 7.71. The van der Waals surface area contributed by atoms with Crippen LogP contribution in [0.5, 0.6) is 0 Å². The Kier molecular flexibility index (Phi) is 17.6. The third-order valence-electron chi connectivity index (χ3n) is 3.70. The van der Waals surface area contributed by atoms with E-state index in [0.29, 0.717) is 6.04 Å². The first-order valence-electron chi connectivity index (χ1n) is 7.95. The molecule has 0 aromatic carbocycles. The molecule has 2 unspecified atom stereocenters. The summed E-state index contributed by atoms with van der Waals surface area (Å²) in [5, 5.41) is 3.33. The molecule has 1 aromatic rings. The minimum Gasteiger partial charge on any atom is -0.468 e. The van der Waals surface area contributed by atoms with E-state index < -0.39 is 19.7 Å². The van der Waals surface area contributed by atoms with Gasteiger partial charge in [0, 0.05) is 6.04 Å². The molecule has 0 bridgehead atoms. The monoisotopic (exact) mass is 487 g/mol. The number of fused-ring (bicyclic) bond motifs is 1. The Morgan fingerprint density at radius 3 is 2.55 bits per heavy atom. The Balaban J connectivity index is 0. The van der Waals surface area contributed by atoms with Gasteiger partial charge in [0.2, 0.25) is 0 Å². The quantitative estimate of drug-likeness (QED) is 0.448. The summed E-state index contributed by atoms with van der Waals surface area (Å²) in [4.78, 5) is 0. The molecule has 2 aliphatic rings. The zero-order valence-electron chi connectivity index (χ0n) is 15.4. The largest absolute Gasteiger partial charge is 1.00 e. The van der Waals surface area contributed by atoms with Crippen molar-refractivity contribution in [3.8, 4) is 0 Å². The van der Waals surface area contributed by atoms with Crippen molar-refractivity contribution < 1.29 is 65.7 Å². The Bertz CT molecular complexity index is 409. The minimum atomic E-state index is -1.89. The van der Waals surface area contributed by atoms with Gasteiger partial charge in [0.25, 0.3) is 0 Å². The molecule has 0 saturated carbocycles. The van der Waals surface area contributed by atoms with Crippen LogP contribution in [0.2, 0.25) is 8.87 Å². The maximum absolute atomic E-state index is 11.0. The molecule has 3 rings (SSSR count). The first kappa shape index (κ1) is 25.9. The molecule has 0 amide bonds. The van der Waals surface area contributed by atoms with Crippen molar-refractivity contribution in [2.75, 3.05) is 0 Å². The van der Waals surface area contributed by atoms with E-state index in [-0.39, 0.29) is 65.6 Å². The van der Waals surface area contributed by atoms with Gasteiger partial charge in [-0.3, -0.25) is 0 Å². The molecule has 2 atom stereocenters. The third kappa shape index (κ3) is 9.82. The van der Waals surface area contributed by atoms with Gasteiger partial charge in [-0.15, -0.1) is 0 Å². The molecule has 2 aliphatic heterocycles. The van der Waals surface area contributed by atoms with Crippen LogP contribution in [0.4, 0.5) is 0 Å². The van der Waals surface area contributed by atoms with E-state index in [1.165, 1.54) is 18.4 Å². The molecule has 22 heavy (non-hydrogen) atoms. The van der Waals surface area contributed by atoms with E-state index in [1.807, 2.05) is 13.8 Å². The van der Waals surface area contributed by atoms with Crippen molar-refractivity contribution in [1.82, 2.24) is 5.32 Å². The smallest absolute Gasteiger partial charge is 0.468 e. The van der Waals surface area contributed by atoms with Crippen LogP contribution in [0.25, 0.3) is 0 Å². The van der Waals surface area contributed by atoms with Crippen molar-refractivity contribution in [2.24, 2.45) is 5.92 Å². The molecule has 0 spiro atoms. The predicted octanol–water partition coefficient (Wildman–Crippen LogP) is 1.63. The molecule has 1 fully saturated rings. The SMILES string of the molecule is CC.CC1CC[CH2][Sn](=[O])[CH2]1.CC1Cc2ccoc2CN1.[CH3-].[Rb+]. The fourth-order valence-electron chi connectivity index (χ4n) is 2.61. The van der Waals surface area contributed by atoms with E-state index in [9.17, 15) is 3.08 Å². The standard InChI is InChI=1S/C8H11NO.C6H12.C2H6.CH3.O.Rb.Sn/c1-6-4-7-2-3-10-8(7)5-9-6;1-4-5-6(2)3;1-2;;;;/h2-3,6,9H,4-5H2,1H3;6H,1-2,4-5H2,3H3;1-2H3;1H3;;;/q;;;-1;;+1;. The Labute approximate surface area is 193 Å². The summed E-state index contributed by atoms with van der Waals surface area (Å²) in [5.74, 6) is 1.90. The molecule has 5 heteroatoms. The minimum absolute atomic E-state index is 0. The van der Waals surface area contributed by atoms with Crippen molar-refractivity contribution in [1.29, 1.82) is 0 Å². The first-order valence-corrected chi connectivity index (χ1v) is 13.2. The summed E-state index contributed by atoms with van der Waals surface area (Å²) in [6, 6.07) is 2.66. The van der Waals surface area contributed by atoms with Gasteiger partial charge in [-0.05, 0) is 25.0 Å². The predicted molar refractivity (Wildman–Crippen MR) is 90.9 cm³/mol. The maximum atomic E-state index is 11.0. The summed E-state index contributed by atoms with van der Waals surface area (Å²) in [7, 11) is 0. The van der Waals surface area contributed by atoms with Gasteiger partial charge in [-0.25, -0.2) is 0 Å². The van der Waals surface area contributed by atoms with Crippen molar-refractivity contribution >= 4 is 19.7 Å². The summed E-state index contributed by atoms with van der Waals surface area (Å²) < 4.78 is 18.4. The Hall–Kier alpha value is 1.64. The number of hydrogen-bond donors (Lipinski definition) is 1. The van der Waals surface area contributed by atoms with E-state index in [2.05, 4.69) is 25.2 Å². The zero-order chi connectivity index (χ0) is 15.0. The average Bonchev–Trinajstić information content (AvgIpc) is 2.89. The van der Waals surface area contributed by atoms with E-state index in [1.54, 1.807) is 6.26 Å². The van der Waals surface area contributed by atoms with Crippen molar-refractivity contribution in [3.63, 3.8) is 0 Å². The number of nitrogens with one attached hydrogen (secondary N) is 1. The normalized spacial score (nSPS) is 22.5. The molecule has 3 nitrogen and oxygen atoms in total. The van der Waals surface area contributed by atoms with E-state index in [4.69, 9.17) is 4.42 Å². The first-order chi connectivity index (χ1) is 9.65. The van der Waals surface area contributed by atoms with Crippen LogP contribution in [-0.2, 0) is 16.0 Å². The topological polar surface area (TPSA) is 42.2 Å². The Morgan fingerprint density at radius 2 is 2.00 bits per heavy atom. The average molecular weight is 487 g/mol. The summed E-state index contributed by atoms with van der Waals surface area (Å²) >= 11 is -1.89. The van der Waals surface area contributed by atoms with Gasteiger partial charge in [0.15, 0.2) is 0 Å². The second kappa shape index (κ2) is 14.9. The van der Waals surface area contributed by atoms with Gasteiger partial charge in [-0.2, -0.15) is 0 Å². The van der Waals surface area contributed by atoms with Crippen LogP contribution in [0.3, 0.4) is 0 Å². The van der Waals surface area contributed by atoms with Crippen LogP contribution < -0.4 is 63.5 Å². The summed E-state index contributed by atoms with van der Waals surface area (Å²) in [5.41, 5.74) is 1.37. The van der Waals surface area contributed by atoms with Gasteiger partial charge in [0.05, 0.1) is 12.8 Å². The zero-order valence-corrected chi connectivity index (χ0v) is 23.1. The molecule has 1 aromatic heterocycles. The van der Waals surface area contributed by atoms with E-state index >= 15 is 0 Å². The summed E-state index contributed by atoms with van der Waals surface area (Å²) in [6.45, 7) is 9.30. The number of hydrogen-bond acceptors (Lipinski definition) is 3. The Morgan fingerprint density at radius 1 is 1.32 bits per heavy atom. The van der Waals surface area contributed by atoms with Crippen molar-refractivity contribution in [3.05, 3.63) is 31.1 Å². The van der Waals surface area contributed by atoms with E-state index in [0.717, 1.165) is 33.5 Å². The molecule has 1 N–H and O–H groups in total. The van der Waals surface area contributed by atoms with Crippen LogP contribution in [0, 0.1) is 13.3 Å². The van der Waals surface area contributed by atoms with Crippen LogP contribution in [-0.4, -0.2) is 25.8 Å². The molecule has 0 aliphatic carbocycles. The van der Waals surface area contributed by atoms with Gasteiger partial charge in [-0.1, -0.05) is 13.8 Å². The molecule has 0 radical (unpaired) electrons. The number of furan rings is 1. The van der Waals surface area contributed by atoms with Gasteiger partial charge >= 0.3 is 116 Å². The third-order valence-corrected chi connectivity index (χ3v) is 9.59. The molecular formula is C17H32NO2RbSn. The fraction of sp³-hybridized carbons (Fsp3) is 0.706. The second-order valence-electron chi connectivity index (χ2n) is 5.60. The van der Waals surface area contributed by atoms with Gasteiger partial charge in [0.1, 0.15) is 5.76 Å². The van der Waals surface area contributed by atoms with Crippen LogP contribution in [0.15, 0.2) is 16.7 Å². The summed E-state index contributed by atoms with van der Waals surface area (Å²) in [6.07, 6.45) is 5.45. The second-order valence-corrected chi connectivity index (χ2v) is 11.3. The molecule has 1 saturated heterocycles.